The molecule has 0 bridgehead atoms. The number of hydrogen-bond donors (Lipinski definition) is 0. The molecular formula is C15H11F3N2O. The van der Waals surface area contributed by atoms with E-state index in [0.717, 1.165) is 17.7 Å². The first-order valence-electron chi connectivity index (χ1n) is 6.14. The van der Waals surface area contributed by atoms with Gasteiger partial charge in [-0.2, -0.15) is 18.4 Å². The molecule has 0 saturated heterocycles. The summed E-state index contributed by atoms with van der Waals surface area (Å²) in [4.78, 5) is 3.94. The highest BCUT2D eigenvalue weighted by molar-refractivity contribution is 5.44. The van der Waals surface area contributed by atoms with E-state index in [1.165, 1.54) is 12.1 Å². The van der Waals surface area contributed by atoms with Gasteiger partial charge in [0.15, 0.2) is 0 Å². The molecule has 2 rings (SSSR count). The maximum Gasteiger partial charge on any atom is 0.417 e. The van der Waals surface area contributed by atoms with Crippen LogP contribution in [-0.4, -0.2) is 11.6 Å². The van der Waals surface area contributed by atoms with Gasteiger partial charge in [0.1, 0.15) is 5.75 Å². The molecule has 2 aromatic rings. The summed E-state index contributed by atoms with van der Waals surface area (Å²) in [6.45, 7) is 0.231. The summed E-state index contributed by atoms with van der Waals surface area (Å²) in [7, 11) is 0. The summed E-state index contributed by atoms with van der Waals surface area (Å²) in [5.41, 5.74) is -0.465. The van der Waals surface area contributed by atoms with Crippen LogP contribution in [-0.2, 0) is 12.6 Å². The quantitative estimate of drug-likeness (QED) is 0.865. The highest BCUT2D eigenvalue weighted by atomic mass is 19.4. The van der Waals surface area contributed by atoms with Crippen LogP contribution in [0.4, 0.5) is 13.2 Å². The number of rotatable bonds is 4. The number of benzene rings is 1. The van der Waals surface area contributed by atoms with E-state index in [0.29, 0.717) is 6.42 Å². The molecule has 0 saturated carbocycles. The Hall–Kier alpha value is -2.55. The number of alkyl halides is 3. The Morgan fingerprint density at radius 1 is 1.24 bits per heavy atom. The number of nitriles is 1. The van der Waals surface area contributed by atoms with Crippen molar-refractivity contribution in [3.8, 4) is 11.8 Å². The van der Waals surface area contributed by atoms with Crippen LogP contribution in [0.3, 0.4) is 0 Å². The molecular weight excluding hydrogens is 281 g/mol. The Morgan fingerprint density at radius 2 is 2.05 bits per heavy atom. The number of hydrogen-bond acceptors (Lipinski definition) is 3. The SMILES string of the molecule is N#Cc1ccc(OCCc2cccnc2)cc1C(F)(F)F. The minimum Gasteiger partial charge on any atom is -0.493 e. The molecule has 0 fully saturated rings. The van der Waals surface area contributed by atoms with E-state index in [9.17, 15) is 13.2 Å². The fraction of sp³-hybridized carbons (Fsp3) is 0.200. The van der Waals surface area contributed by atoms with Crippen molar-refractivity contribution in [2.45, 2.75) is 12.6 Å². The number of nitrogens with zero attached hydrogens (tertiary/aromatic N) is 2. The van der Waals surface area contributed by atoms with E-state index < -0.39 is 17.3 Å². The zero-order valence-electron chi connectivity index (χ0n) is 10.9. The Morgan fingerprint density at radius 3 is 2.67 bits per heavy atom. The molecule has 6 heteroatoms. The molecule has 1 heterocycles. The van der Waals surface area contributed by atoms with Crippen molar-refractivity contribution in [1.82, 2.24) is 4.98 Å². The summed E-state index contributed by atoms with van der Waals surface area (Å²) in [5, 5.41) is 8.70. The van der Waals surface area contributed by atoms with Crippen LogP contribution in [0.15, 0.2) is 42.7 Å². The topological polar surface area (TPSA) is 45.9 Å². The first-order valence-corrected chi connectivity index (χ1v) is 6.14. The predicted molar refractivity (Wildman–Crippen MR) is 69.6 cm³/mol. The van der Waals surface area contributed by atoms with Crippen molar-refractivity contribution in [1.29, 1.82) is 5.26 Å². The fourth-order valence-electron chi connectivity index (χ4n) is 1.78. The molecule has 0 radical (unpaired) electrons. The van der Waals surface area contributed by atoms with E-state index in [4.69, 9.17) is 10.00 Å². The lowest BCUT2D eigenvalue weighted by atomic mass is 10.1. The van der Waals surface area contributed by atoms with Gasteiger partial charge in [0.05, 0.1) is 23.8 Å². The molecule has 21 heavy (non-hydrogen) atoms. The number of pyridine rings is 1. The van der Waals surface area contributed by atoms with Crippen LogP contribution in [0.25, 0.3) is 0 Å². The Balaban J connectivity index is 2.06. The van der Waals surface area contributed by atoms with Gasteiger partial charge in [-0.05, 0) is 29.8 Å². The number of halogens is 3. The molecule has 1 aromatic carbocycles. The van der Waals surface area contributed by atoms with Gasteiger partial charge in [0.2, 0.25) is 0 Å². The van der Waals surface area contributed by atoms with Gasteiger partial charge in [0.25, 0.3) is 0 Å². The Kier molecular flexibility index (Phi) is 4.43. The third-order valence-corrected chi connectivity index (χ3v) is 2.80. The average molecular weight is 292 g/mol. The van der Waals surface area contributed by atoms with Crippen LogP contribution < -0.4 is 4.74 Å². The molecule has 1 aromatic heterocycles. The van der Waals surface area contributed by atoms with Gasteiger partial charge in [-0.1, -0.05) is 6.07 Å². The van der Waals surface area contributed by atoms with Crippen LogP contribution in [0.2, 0.25) is 0 Å². The summed E-state index contributed by atoms with van der Waals surface area (Å²) in [6.07, 6.45) is -0.729. The second-order valence-corrected chi connectivity index (χ2v) is 4.28. The van der Waals surface area contributed by atoms with Crippen LogP contribution in [0.5, 0.6) is 5.75 Å². The summed E-state index contributed by atoms with van der Waals surface area (Å²) in [5.74, 6) is 0.0882. The maximum atomic E-state index is 12.8. The lowest BCUT2D eigenvalue weighted by molar-refractivity contribution is -0.137. The van der Waals surface area contributed by atoms with Crippen LogP contribution in [0.1, 0.15) is 16.7 Å². The molecule has 0 atom stereocenters. The standard InChI is InChI=1S/C15H11F3N2O/c16-15(17,18)14-8-13(4-3-12(14)9-19)21-7-5-11-2-1-6-20-10-11/h1-4,6,8,10H,5,7H2. The average Bonchev–Trinajstić information content (AvgIpc) is 2.47. The van der Waals surface area contributed by atoms with Gasteiger partial charge in [-0.3, -0.25) is 4.98 Å². The van der Waals surface area contributed by atoms with Gasteiger partial charge in [0, 0.05) is 18.8 Å². The van der Waals surface area contributed by atoms with Crippen molar-refractivity contribution >= 4 is 0 Å². The molecule has 0 unspecified atom stereocenters. The highest BCUT2D eigenvalue weighted by Gasteiger charge is 2.34. The van der Waals surface area contributed by atoms with Crippen LogP contribution >= 0.6 is 0 Å². The fourth-order valence-corrected chi connectivity index (χ4v) is 1.78. The smallest absolute Gasteiger partial charge is 0.417 e. The third-order valence-electron chi connectivity index (χ3n) is 2.80. The van der Waals surface area contributed by atoms with Crippen molar-refractivity contribution in [3.05, 3.63) is 59.4 Å². The van der Waals surface area contributed by atoms with E-state index in [-0.39, 0.29) is 12.4 Å². The molecule has 0 N–H and O–H groups in total. The first kappa shape index (κ1) is 14.9. The molecule has 3 nitrogen and oxygen atoms in total. The summed E-state index contributed by atoms with van der Waals surface area (Å²) < 4.78 is 43.7. The molecule has 0 amide bonds. The maximum absolute atomic E-state index is 12.8. The molecule has 0 spiro atoms. The Bertz CT molecular complexity index is 648. The zero-order chi connectivity index (χ0) is 15.3. The monoisotopic (exact) mass is 292 g/mol. The minimum atomic E-state index is -4.58. The minimum absolute atomic E-state index is 0.0882. The van der Waals surface area contributed by atoms with E-state index in [2.05, 4.69) is 4.98 Å². The van der Waals surface area contributed by atoms with Gasteiger partial charge in [-0.15, -0.1) is 0 Å². The molecule has 0 aliphatic carbocycles. The summed E-state index contributed by atoms with van der Waals surface area (Å²) in [6, 6.07) is 8.48. The van der Waals surface area contributed by atoms with E-state index in [1.807, 2.05) is 6.07 Å². The van der Waals surface area contributed by atoms with Crippen molar-refractivity contribution in [2.75, 3.05) is 6.61 Å². The second kappa shape index (κ2) is 6.27. The lowest BCUT2D eigenvalue weighted by Gasteiger charge is -2.11. The van der Waals surface area contributed by atoms with Gasteiger partial charge < -0.3 is 4.74 Å². The van der Waals surface area contributed by atoms with Crippen molar-refractivity contribution in [2.24, 2.45) is 0 Å². The molecule has 0 aliphatic rings. The molecule has 0 aliphatic heterocycles. The van der Waals surface area contributed by atoms with Crippen molar-refractivity contribution < 1.29 is 17.9 Å². The first-order chi connectivity index (χ1) is 10.0. The molecule has 108 valence electrons. The van der Waals surface area contributed by atoms with Crippen molar-refractivity contribution in [3.63, 3.8) is 0 Å². The second-order valence-electron chi connectivity index (χ2n) is 4.28. The lowest BCUT2D eigenvalue weighted by Crippen LogP contribution is -2.09. The largest absolute Gasteiger partial charge is 0.493 e. The highest BCUT2D eigenvalue weighted by Crippen LogP contribution is 2.34. The summed E-state index contributed by atoms with van der Waals surface area (Å²) >= 11 is 0. The predicted octanol–water partition coefficient (Wildman–Crippen LogP) is 3.59. The van der Waals surface area contributed by atoms with E-state index >= 15 is 0 Å². The van der Waals surface area contributed by atoms with E-state index in [1.54, 1.807) is 18.5 Å². The number of aromatic nitrogens is 1. The van der Waals surface area contributed by atoms with Crippen LogP contribution in [0, 0.1) is 11.3 Å². The normalized spacial score (nSPS) is 11.0. The van der Waals surface area contributed by atoms with Gasteiger partial charge >= 0.3 is 6.18 Å². The zero-order valence-corrected chi connectivity index (χ0v) is 10.9. The Labute approximate surface area is 119 Å². The number of ether oxygens (including phenoxy) is 1. The third kappa shape index (κ3) is 3.96. The van der Waals surface area contributed by atoms with Gasteiger partial charge in [-0.25, -0.2) is 0 Å².